The smallest absolute Gasteiger partial charge is 0.0521 e. The zero-order valence-electron chi connectivity index (χ0n) is 7.80. The molecule has 0 amide bonds. The second kappa shape index (κ2) is 3.26. The summed E-state index contributed by atoms with van der Waals surface area (Å²) in [4.78, 5) is 0. The molecule has 1 aromatic rings. The van der Waals surface area contributed by atoms with Gasteiger partial charge in [0.05, 0.1) is 5.69 Å². The van der Waals surface area contributed by atoms with Crippen molar-refractivity contribution in [2.24, 2.45) is 0 Å². The summed E-state index contributed by atoms with van der Waals surface area (Å²) in [5.41, 5.74) is 15.4. The lowest BCUT2D eigenvalue weighted by Crippen LogP contribution is -2.29. The molecule has 1 heterocycles. The fraction of sp³-hybridized carbons (Fsp3) is 0.400. The number of hydrogen-bond acceptors (Lipinski definition) is 3. The third-order valence-corrected chi connectivity index (χ3v) is 2.43. The molecule has 0 bridgehead atoms. The molecule has 1 atom stereocenters. The maximum absolute atomic E-state index is 5.72. The van der Waals surface area contributed by atoms with Crippen LogP contribution in [0.4, 0.5) is 11.4 Å². The third-order valence-electron chi connectivity index (χ3n) is 2.43. The van der Waals surface area contributed by atoms with Crippen LogP contribution in [-0.4, -0.2) is 6.04 Å². The van der Waals surface area contributed by atoms with Gasteiger partial charge in [-0.25, -0.2) is 5.43 Å². The number of hydrogen-bond donors (Lipinski definition) is 3. The first-order valence-electron chi connectivity index (χ1n) is 4.65. The molecule has 1 aliphatic heterocycles. The first kappa shape index (κ1) is 8.38. The van der Waals surface area contributed by atoms with Crippen molar-refractivity contribution in [1.82, 2.24) is 5.43 Å². The summed E-state index contributed by atoms with van der Waals surface area (Å²) in [5.74, 6) is 0. The fourth-order valence-corrected chi connectivity index (χ4v) is 1.59. The number of nitrogens with two attached hydrogens (primary N) is 1. The zero-order valence-corrected chi connectivity index (χ0v) is 7.80. The Morgan fingerprint density at radius 3 is 3.15 bits per heavy atom. The van der Waals surface area contributed by atoms with Crippen molar-refractivity contribution < 1.29 is 0 Å². The number of benzene rings is 1. The molecule has 3 heteroatoms. The lowest BCUT2D eigenvalue weighted by molar-refractivity contribution is 0.575. The van der Waals surface area contributed by atoms with Crippen molar-refractivity contribution in [2.45, 2.75) is 25.8 Å². The molecule has 0 fully saturated rings. The van der Waals surface area contributed by atoms with Gasteiger partial charge in [0, 0.05) is 11.7 Å². The highest BCUT2D eigenvalue weighted by molar-refractivity contribution is 5.58. The van der Waals surface area contributed by atoms with Gasteiger partial charge in [0.2, 0.25) is 0 Å². The SMILES string of the molecule is CC1CCc2cc(N)ccc2NN1. The van der Waals surface area contributed by atoms with Crippen molar-refractivity contribution in [3.8, 4) is 0 Å². The number of anilines is 2. The molecule has 0 spiro atoms. The Labute approximate surface area is 78.3 Å². The second-order valence-electron chi connectivity index (χ2n) is 3.63. The van der Waals surface area contributed by atoms with E-state index in [1.54, 1.807) is 0 Å². The molecule has 4 N–H and O–H groups in total. The van der Waals surface area contributed by atoms with E-state index in [2.05, 4.69) is 17.8 Å². The molecule has 1 aliphatic rings. The molecule has 1 aromatic carbocycles. The Morgan fingerprint density at radius 2 is 2.31 bits per heavy atom. The van der Waals surface area contributed by atoms with Crippen LogP contribution in [0.25, 0.3) is 0 Å². The second-order valence-corrected chi connectivity index (χ2v) is 3.63. The van der Waals surface area contributed by atoms with Crippen molar-refractivity contribution in [1.29, 1.82) is 0 Å². The van der Waals surface area contributed by atoms with Crippen LogP contribution in [-0.2, 0) is 6.42 Å². The molecule has 0 saturated carbocycles. The van der Waals surface area contributed by atoms with Crippen molar-refractivity contribution >= 4 is 11.4 Å². The molecule has 13 heavy (non-hydrogen) atoms. The van der Waals surface area contributed by atoms with E-state index in [9.17, 15) is 0 Å². The van der Waals surface area contributed by atoms with E-state index in [-0.39, 0.29) is 0 Å². The van der Waals surface area contributed by atoms with Gasteiger partial charge in [0.25, 0.3) is 0 Å². The molecule has 1 unspecified atom stereocenters. The molecule has 0 aromatic heterocycles. The fourth-order valence-electron chi connectivity index (χ4n) is 1.59. The molecule has 3 nitrogen and oxygen atoms in total. The zero-order chi connectivity index (χ0) is 9.26. The number of hydrazine groups is 1. The minimum absolute atomic E-state index is 0.508. The Balaban J connectivity index is 2.30. The maximum atomic E-state index is 5.72. The van der Waals surface area contributed by atoms with Gasteiger partial charge in [-0.05, 0) is 43.5 Å². The minimum Gasteiger partial charge on any atom is -0.399 e. The van der Waals surface area contributed by atoms with Gasteiger partial charge in [-0.1, -0.05) is 0 Å². The summed E-state index contributed by atoms with van der Waals surface area (Å²) >= 11 is 0. The highest BCUT2D eigenvalue weighted by Gasteiger charge is 2.10. The number of nitrogens with one attached hydrogen (secondary N) is 2. The highest BCUT2D eigenvalue weighted by Crippen LogP contribution is 2.22. The standard InChI is InChI=1S/C10H15N3/c1-7-2-3-8-6-9(11)4-5-10(8)13-12-7/h4-7,12-13H,2-3,11H2,1H3. The van der Waals surface area contributed by atoms with Gasteiger partial charge in [-0.15, -0.1) is 0 Å². The van der Waals surface area contributed by atoms with E-state index < -0.39 is 0 Å². The molecular formula is C10H15N3. The molecule has 70 valence electrons. The minimum atomic E-state index is 0.508. The normalized spacial score (nSPS) is 21.5. The Morgan fingerprint density at radius 1 is 1.46 bits per heavy atom. The number of fused-ring (bicyclic) bond motifs is 1. The third kappa shape index (κ3) is 1.75. The first-order valence-corrected chi connectivity index (χ1v) is 4.65. The van der Waals surface area contributed by atoms with Crippen LogP contribution in [0.5, 0.6) is 0 Å². The lowest BCUT2D eigenvalue weighted by atomic mass is 10.1. The molecular weight excluding hydrogens is 162 g/mol. The van der Waals surface area contributed by atoms with Crippen LogP contribution in [0.2, 0.25) is 0 Å². The predicted molar refractivity (Wildman–Crippen MR) is 55.4 cm³/mol. The number of aryl methyl sites for hydroxylation is 1. The number of rotatable bonds is 0. The van der Waals surface area contributed by atoms with Crippen LogP contribution in [0.15, 0.2) is 18.2 Å². The van der Waals surface area contributed by atoms with Crippen molar-refractivity contribution in [3.05, 3.63) is 23.8 Å². The van der Waals surface area contributed by atoms with Gasteiger partial charge in [0.15, 0.2) is 0 Å². The predicted octanol–water partition coefficient (Wildman–Crippen LogP) is 1.52. The van der Waals surface area contributed by atoms with Crippen LogP contribution >= 0.6 is 0 Å². The van der Waals surface area contributed by atoms with Gasteiger partial charge >= 0.3 is 0 Å². The Hall–Kier alpha value is -1.22. The maximum Gasteiger partial charge on any atom is 0.0521 e. The summed E-state index contributed by atoms with van der Waals surface area (Å²) in [6.45, 7) is 2.17. The van der Waals surface area contributed by atoms with Gasteiger partial charge in [0.1, 0.15) is 0 Å². The molecule has 2 rings (SSSR count). The van der Waals surface area contributed by atoms with E-state index in [1.165, 1.54) is 5.56 Å². The monoisotopic (exact) mass is 177 g/mol. The Bertz CT molecular complexity index is 309. The van der Waals surface area contributed by atoms with Crippen LogP contribution in [0.3, 0.4) is 0 Å². The lowest BCUT2D eigenvalue weighted by Gasteiger charge is -2.10. The average molecular weight is 177 g/mol. The van der Waals surface area contributed by atoms with E-state index in [0.29, 0.717) is 6.04 Å². The summed E-state index contributed by atoms with van der Waals surface area (Å²) in [5, 5.41) is 0. The summed E-state index contributed by atoms with van der Waals surface area (Å²) in [7, 11) is 0. The summed E-state index contributed by atoms with van der Waals surface area (Å²) in [6, 6.07) is 6.50. The van der Waals surface area contributed by atoms with Gasteiger partial charge in [-0.2, -0.15) is 0 Å². The van der Waals surface area contributed by atoms with Gasteiger partial charge in [-0.3, -0.25) is 0 Å². The van der Waals surface area contributed by atoms with E-state index >= 15 is 0 Å². The van der Waals surface area contributed by atoms with E-state index in [0.717, 1.165) is 24.2 Å². The molecule has 0 saturated heterocycles. The highest BCUT2D eigenvalue weighted by atomic mass is 15.4. The van der Waals surface area contributed by atoms with Crippen LogP contribution in [0, 0.1) is 0 Å². The summed E-state index contributed by atoms with van der Waals surface area (Å²) < 4.78 is 0. The number of nitrogen functional groups attached to an aromatic ring is 1. The van der Waals surface area contributed by atoms with Crippen molar-refractivity contribution in [3.63, 3.8) is 0 Å². The van der Waals surface area contributed by atoms with Crippen LogP contribution in [0.1, 0.15) is 18.9 Å². The van der Waals surface area contributed by atoms with E-state index in [4.69, 9.17) is 5.73 Å². The quantitative estimate of drug-likeness (QED) is 0.527. The average Bonchev–Trinajstić information content (AvgIpc) is 2.29. The topological polar surface area (TPSA) is 50.1 Å². The first-order chi connectivity index (χ1) is 6.25. The Kier molecular flexibility index (Phi) is 2.10. The molecule has 0 aliphatic carbocycles. The molecule has 0 radical (unpaired) electrons. The van der Waals surface area contributed by atoms with E-state index in [1.807, 2.05) is 18.2 Å². The summed E-state index contributed by atoms with van der Waals surface area (Å²) in [6.07, 6.45) is 2.23. The van der Waals surface area contributed by atoms with Crippen molar-refractivity contribution in [2.75, 3.05) is 11.2 Å². The van der Waals surface area contributed by atoms with Crippen LogP contribution < -0.4 is 16.6 Å². The van der Waals surface area contributed by atoms with Gasteiger partial charge < -0.3 is 11.2 Å². The largest absolute Gasteiger partial charge is 0.399 e.